The number of carbonyl (C=O) groups excluding carboxylic acids is 1. The van der Waals surface area contributed by atoms with Gasteiger partial charge >= 0.3 is 0 Å². The second kappa shape index (κ2) is 9.63. The molecule has 0 bridgehead atoms. The fourth-order valence-corrected chi connectivity index (χ4v) is 5.08. The highest BCUT2D eigenvalue weighted by molar-refractivity contribution is 14.1. The van der Waals surface area contributed by atoms with E-state index in [0.717, 1.165) is 25.7 Å². The van der Waals surface area contributed by atoms with Gasteiger partial charge in [0.05, 0.1) is 18.6 Å². The van der Waals surface area contributed by atoms with Crippen LogP contribution in [0.5, 0.6) is 5.75 Å². The molecule has 0 aromatic heterocycles. The molecule has 142 valence electrons. The van der Waals surface area contributed by atoms with Crippen LogP contribution < -0.4 is 10.1 Å². The molecule has 1 aliphatic rings. The van der Waals surface area contributed by atoms with Crippen molar-refractivity contribution in [1.29, 1.82) is 0 Å². The van der Waals surface area contributed by atoms with Gasteiger partial charge in [-0.15, -0.1) is 6.42 Å². The highest BCUT2D eigenvalue weighted by Gasteiger charge is 2.24. The van der Waals surface area contributed by atoms with Gasteiger partial charge in [0.2, 0.25) is 0 Å². The van der Waals surface area contributed by atoms with Gasteiger partial charge in [0.15, 0.2) is 5.17 Å². The van der Waals surface area contributed by atoms with Gasteiger partial charge < -0.3 is 10.1 Å². The lowest BCUT2D eigenvalue weighted by molar-refractivity contribution is -0.115. The van der Waals surface area contributed by atoms with Crippen molar-refractivity contribution in [3.05, 3.63) is 60.5 Å². The van der Waals surface area contributed by atoms with E-state index in [-0.39, 0.29) is 12.5 Å². The quantitative estimate of drug-likeness (QED) is 0.294. The number of aryl methyl sites for hydroxylation is 1. The number of halogens is 2. The van der Waals surface area contributed by atoms with Crippen LogP contribution in [-0.2, 0) is 11.2 Å². The summed E-state index contributed by atoms with van der Waals surface area (Å²) in [6.07, 6.45) is 8.07. The molecule has 1 aliphatic heterocycles. The molecular weight excluding hydrogens is 551 g/mol. The molecule has 1 saturated heterocycles. The Kier molecular flexibility index (Phi) is 7.21. The molecule has 0 unspecified atom stereocenters. The van der Waals surface area contributed by atoms with E-state index in [1.807, 2.05) is 42.5 Å². The number of terminal acetylenes is 1. The SMILES string of the molecule is C#CCOc1c(Br)cc(/C=C2\SC(=Nc3ccc(CC)cc3)NC2=O)cc1I. The van der Waals surface area contributed by atoms with Crippen LogP contribution in [0, 0.1) is 15.9 Å². The summed E-state index contributed by atoms with van der Waals surface area (Å²) in [7, 11) is 0. The Morgan fingerprint density at radius 1 is 1.36 bits per heavy atom. The number of carbonyl (C=O) groups is 1. The number of aliphatic imine (C=N–C) groups is 1. The number of rotatable bonds is 5. The largest absolute Gasteiger partial charge is 0.479 e. The summed E-state index contributed by atoms with van der Waals surface area (Å²) in [4.78, 5) is 17.4. The van der Waals surface area contributed by atoms with E-state index in [1.165, 1.54) is 17.3 Å². The lowest BCUT2D eigenvalue weighted by Crippen LogP contribution is -2.19. The van der Waals surface area contributed by atoms with Crippen molar-refractivity contribution in [2.75, 3.05) is 6.61 Å². The lowest BCUT2D eigenvalue weighted by atomic mass is 10.2. The third-order valence-electron chi connectivity index (χ3n) is 3.84. The molecule has 0 atom stereocenters. The number of amidine groups is 1. The number of thioether (sulfide) groups is 1. The van der Waals surface area contributed by atoms with Gasteiger partial charge in [-0.2, -0.15) is 0 Å². The van der Waals surface area contributed by atoms with Crippen molar-refractivity contribution in [1.82, 2.24) is 5.32 Å². The fraction of sp³-hybridized carbons (Fsp3) is 0.143. The van der Waals surface area contributed by atoms with Crippen LogP contribution in [0.1, 0.15) is 18.1 Å². The summed E-state index contributed by atoms with van der Waals surface area (Å²) in [6.45, 7) is 2.31. The molecule has 28 heavy (non-hydrogen) atoms. The predicted octanol–water partition coefficient (Wildman–Crippen LogP) is 5.52. The van der Waals surface area contributed by atoms with Crippen molar-refractivity contribution in [2.45, 2.75) is 13.3 Å². The van der Waals surface area contributed by atoms with Gasteiger partial charge in [-0.25, -0.2) is 4.99 Å². The van der Waals surface area contributed by atoms with Crippen LogP contribution in [-0.4, -0.2) is 17.7 Å². The van der Waals surface area contributed by atoms with Gasteiger partial charge in [-0.1, -0.05) is 25.0 Å². The van der Waals surface area contributed by atoms with Crippen molar-refractivity contribution in [2.24, 2.45) is 4.99 Å². The van der Waals surface area contributed by atoms with Gasteiger partial charge in [0.25, 0.3) is 5.91 Å². The number of nitrogens with one attached hydrogen (secondary N) is 1. The minimum Gasteiger partial charge on any atom is -0.479 e. The average molecular weight is 567 g/mol. The molecule has 3 rings (SSSR count). The Balaban J connectivity index is 1.80. The normalized spacial score (nSPS) is 16.3. The Labute approximate surface area is 190 Å². The van der Waals surface area contributed by atoms with E-state index in [0.29, 0.717) is 15.8 Å². The number of hydrogen-bond acceptors (Lipinski definition) is 4. The first kappa shape index (κ1) is 21.0. The standard InChI is InChI=1S/C21H16BrIN2O2S/c1-3-9-27-19-16(22)10-14(11-17(19)23)12-18-20(26)25-21(28-18)24-15-7-5-13(4-2)6-8-15/h1,5-8,10-12H,4,9H2,2H3,(H,24,25,26)/b18-12-. The molecule has 0 aliphatic carbocycles. The first-order chi connectivity index (χ1) is 13.5. The topological polar surface area (TPSA) is 50.7 Å². The molecule has 1 heterocycles. The molecule has 4 nitrogen and oxygen atoms in total. The number of amides is 1. The average Bonchev–Trinajstić information content (AvgIpc) is 3.00. The second-order valence-corrected chi connectivity index (χ2v) is 8.86. The predicted molar refractivity (Wildman–Crippen MR) is 128 cm³/mol. The summed E-state index contributed by atoms with van der Waals surface area (Å²) >= 11 is 7.01. The summed E-state index contributed by atoms with van der Waals surface area (Å²) in [5, 5.41) is 3.39. The van der Waals surface area contributed by atoms with E-state index < -0.39 is 0 Å². The van der Waals surface area contributed by atoms with Crippen LogP contribution in [0.25, 0.3) is 6.08 Å². The highest BCUT2D eigenvalue weighted by atomic mass is 127. The maximum absolute atomic E-state index is 12.3. The zero-order valence-electron chi connectivity index (χ0n) is 15.0. The molecule has 1 amide bonds. The molecule has 2 aromatic rings. The summed E-state index contributed by atoms with van der Waals surface area (Å²) in [5.74, 6) is 2.99. The van der Waals surface area contributed by atoms with Crippen LogP contribution in [0.3, 0.4) is 0 Å². The Morgan fingerprint density at radius 2 is 2.11 bits per heavy atom. The number of hydrogen-bond donors (Lipinski definition) is 1. The Hall–Kier alpha value is -1.76. The van der Waals surface area contributed by atoms with Gasteiger partial charge in [-0.3, -0.25) is 4.79 Å². The second-order valence-electron chi connectivity index (χ2n) is 5.81. The molecule has 1 N–H and O–H groups in total. The first-order valence-corrected chi connectivity index (χ1v) is 11.1. The first-order valence-electron chi connectivity index (χ1n) is 8.44. The zero-order chi connectivity index (χ0) is 20.1. The number of ether oxygens (including phenoxy) is 1. The summed E-state index contributed by atoms with van der Waals surface area (Å²) in [5.41, 5.74) is 2.95. The van der Waals surface area contributed by atoms with Crippen molar-refractivity contribution >= 4 is 73.1 Å². The lowest BCUT2D eigenvalue weighted by Gasteiger charge is -2.09. The molecule has 1 fully saturated rings. The monoisotopic (exact) mass is 566 g/mol. The van der Waals surface area contributed by atoms with Crippen LogP contribution in [0.15, 0.2) is 50.8 Å². The van der Waals surface area contributed by atoms with Gasteiger partial charge in [0, 0.05) is 0 Å². The smallest absolute Gasteiger partial charge is 0.264 e. The molecule has 7 heteroatoms. The van der Waals surface area contributed by atoms with Crippen LogP contribution in [0.2, 0.25) is 0 Å². The Bertz CT molecular complexity index is 987. The zero-order valence-corrected chi connectivity index (χ0v) is 19.5. The number of benzene rings is 2. The van der Waals surface area contributed by atoms with Crippen molar-refractivity contribution in [3.63, 3.8) is 0 Å². The van der Waals surface area contributed by atoms with Crippen LogP contribution in [0.4, 0.5) is 5.69 Å². The van der Waals surface area contributed by atoms with Crippen molar-refractivity contribution in [3.8, 4) is 18.1 Å². The fourth-order valence-electron chi connectivity index (χ4n) is 2.47. The maximum atomic E-state index is 12.3. The molecule has 0 saturated carbocycles. The van der Waals surface area contributed by atoms with E-state index >= 15 is 0 Å². The minimum atomic E-state index is -0.160. The summed E-state index contributed by atoms with van der Waals surface area (Å²) in [6, 6.07) is 11.8. The van der Waals surface area contributed by atoms with E-state index in [9.17, 15) is 4.79 Å². The van der Waals surface area contributed by atoms with E-state index in [1.54, 1.807) is 0 Å². The summed E-state index contributed by atoms with van der Waals surface area (Å²) < 4.78 is 7.24. The maximum Gasteiger partial charge on any atom is 0.264 e. The molecular formula is C21H16BrIN2O2S. The molecule has 0 spiro atoms. The van der Waals surface area contributed by atoms with Crippen LogP contribution >= 0.6 is 50.3 Å². The van der Waals surface area contributed by atoms with E-state index in [4.69, 9.17) is 11.2 Å². The number of nitrogens with zero attached hydrogens (tertiary/aromatic N) is 1. The molecule has 0 radical (unpaired) electrons. The van der Waals surface area contributed by atoms with Gasteiger partial charge in [0.1, 0.15) is 12.4 Å². The Morgan fingerprint density at radius 3 is 2.75 bits per heavy atom. The van der Waals surface area contributed by atoms with Gasteiger partial charge in [-0.05, 0) is 98.2 Å². The molecule has 2 aromatic carbocycles. The van der Waals surface area contributed by atoms with Crippen molar-refractivity contribution < 1.29 is 9.53 Å². The third-order valence-corrected chi connectivity index (χ3v) is 6.14. The third kappa shape index (κ3) is 5.19. The minimum absolute atomic E-state index is 0.160. The van der Waals surface area contributed by atoms with E-state index in [2.05, 4.69) is 61.7 Å². The highest BCUT2D eigenvalue weighted by Crippen LogP contribution is 2.34.